The van der Waals surface area contributed by atoms with Crippen molar-refractivity contribution in [3.8, 4) is 0 Å². The Balaban J connectivity index is 1.98. The molecule has 11 atom stereocenters. The zero-order valence-electron chi connectivity index (χ0n) is 21.5. The second kappa shape index (κ2) is 14.6. The van der Waals surface area contributed by atoms with Gasteiger partial charge in [0.05, 0.1) is 19.1 Å². The summed E-state index contributed by atoms with van der Waals surface area (Å²) in [6.45, 7) is 0.737. The van der Waals surface area contributed by atoms with E-state index in [0.29, 0.717) is 6.42 Å². The van der Waals surface area contributed by atoms with Crippen LogP contribution in [-0.2, 0) is 28.5 Å². The van der Waals surface area contributed by atoms with Gasteiger partial charge in [-0.3, -0.25) is 4.79 Å². The Morgan fingerprint density at radius 1 is 1.03 bits per heavy atom. The zero-order chi connectivity index (χ0) is 29.5. The first-order valence-corrected chi connectivity index (χ1v) is 12.3. The fourth-order valence-electron chi connectivity index (χ4n) is 4.00. The third kappa shape index (κ3) is 8.25. The molecule has 2 aliphatic rings. The minimum absolute atomic E-state index is 0.134. The van der Waals surface area contributed by atoms with Crippen molar-refractivity contribution in [1.82, 2.24) is 0 Å². The highest BCUT2D eigenvalue weighted by Gasteiger charge is 2.58. The summed E-state index contributed by atoms with van der Waals surface area (Å²) in [6, 6.07) is 0. The lowest BCUT2D eigenvalue weighted by atomic mass is 9.98. The van der Waals surface area contributed by atoms with Crippen molar-refractivity contribution in [2.24, 2.45) is 5.92 Å². The second-order valence-electron chi connectivity index (χ2n) is 9.63. The third-order valence-electron chi connectivity index (χ3n) is 6.62. The van der Waals surface area contributed by atoms with Gasteiger partial charge in [-0.05, 0) is 19.3 Å². The maximum Gasteiger partial charge on any atom is 0.333 e. The van der Waals surface area contributed by atoms with Crippen LogP contribution in [-0.4, -0.2) is 139 Å². The van der Waals surface area contributed by atoms with E-state index in [2.05, 4.69) is 0 Å². The highest BCUT2D eigenvalue weighted by molar-refractivity contribution is 5.88. The van der Waals surface area contributed by atoms with Crippen molar-refractivity contribution in [2.45, 2.75) is 87.6 Å². The van der Waals surface area contributed by atoms with Crippen LogP contribution < -0.4 is 0 Å². The minimum atomic E-state index is -2.34. The van der Waals surface area contributed by atoms with Crippen LogP contribution in [0, 0.1) is 5.92 Å². The molecule has 0 bridgehead atoms. The summed E-state index contributed by atoms with van der Waals surface area (Å²) < 4.78 is 21.2. The summed E-state index contributed by atoms with van der Waals surface area (Å²) >= 11 is 0. The number of ether oxygens (including phenoxy) is 4. The molecule has 39 heavy (non-hydrogen) atoms. The highest BCUT2D eigenvalue weighted by Crippen LogP contribution is 2.36. The van der Waals surface area contributed by atoms with Gasteiger partial charge in [0, 0.05) is 5.57 Å². The number of carboxylic acid groups (broad SMARTS) is 1. The average Bonchev–Trinajstić information content (AvgIpc) is 3.14. The molecule has 2 aliphatic heterocycles. The zero-order valence-corrected chi connectivity index (χ0v) is 21.5. The molecule has 0 aromatic carbocycles. The molecule has 2 rings (SSSR count). The maximum atomic E-state index is 12.4. The highest BCUT2D eigenvalue weighted by atomic mass is 16.8. The molecule has 9 N–H and O–H groups in total. The van der Waals surface area contributed by atoms with E-state index in [-0.39, 0.29) is 17.9 Å². The molecule has 2 unspecified atom stereocenters. The van der Waals surface area contributed by atoms with Gasteiger partial charge in [0.25, 0.3) is 0 Å². The van der Waals surface area contributed by atoms with E-state index < -0.39 is 92.7 Å². The third-order valence-corrected chi connectivity index (χ3v) is 6.62. The Hall–Kier alpha value is -2.02. The number of carbonyl (C=O) groups is 2. The first-order valence-electron chi connectivity index (χ1n) is 12.3. The Morgan fingerprint density at radius 3 is 2.26 bits per heavy atom. The molecule has 2 heterocycles. The lowest BCUT2D eigenvalue weighted by Gasteiger charge is -2.43. The van der Waals surface area contributed by atoms with Crippen molar-refractivity contribution in [1.29, 1.82) is 0 Å². The SMILES string of the molecule is C/C(=C/C=C/CC(C)C(O)CC(=O)O)C(=O)OC[C@H]1O[C@H](O[C@]2(CO)O[C@H](CO)[C@@H](O)[C@@H]2O)[C@H](O)[C@@H](O)[C@@H]1O. The van der Waals surface area contributed by atoms with Crippen LogP contribution in [0.3, 0.4) is 0 Å². The molecule has 0 aliphatic carbocycles. The first-order chi connectivity index (χ1) is 18.3. The van der Waals surface area contributed by atoms with Gasteiger partial charge in [0.1, 0.15) is 55.9 Å². The summed E-state index contributed by atoms with van der Waals surface area (Å²) in [5.41, 5.74) is 0.134. The minimum Gasteiger partial charge on any atom is -0.481 e. The molecule has 15 heteroatoms. The Morgan fingerprint density at radius 2 is 1.69 bits per heavy atom. The van der Waals surface area contributed by atoms with Crippen molar-refractivity contribution in [3.63, 3.8) is 0 Å². The Labute approximate surface area is 224 Å². The maximum absolute atomic E-state index is 12.4. The van der Waals surface area contributed by atoms with Gasteiger partial charge in [-0.1, -0.05) is 25.2 Å². The first kappa shape index (κ1) is 33.2. The summed E-state index contributed by atoms with van der Waals surface area (Å²) in [4.78, 5) is 23.0. The molecular weight excluding hydrogens is 528 g/mol. The Bertz CT molecular complexity index is 878. The van der Waals surface area contributed by atoms with E-state index in [0.717, 1.165) is 0 Å². The van der Waals surface area contributed by atoms with E-state index in [9.17, 15) is 50.4 Å². The molecule has 224 valence electrons. The fraction of sp³-hybridized carbons (Fsp3) is 0.750. The fourth-order valence-corrected chi connectivity index (χ4v) is 4.00. The predicted molar refractivity (Wildman–Crippen MR) is 127 cm³/mol. The number of allylic oxidation sites excluding steroid dienone is 3. The van der Waals surface area contributed by atoms with Gasteiger partial charge in [0.15, 0.2) is 6.29 Å². The number of aliphatic hydroxyl groups excluding tert-OH is 8. The number of rotatable bonds is 13. The van der Waals surface area contributed by atoms with Gasteiger partial charge in [-0.15, -0.1) is 0 Å². The molecule has 2 fully saturated rings. The number of hydrogen-bond donors (Lipinski definition) is 9. The number of esters is 1. The van der Waals surface area contributed by atoms with Crippen LogP contribution in [0.1, 0.15) is 26.7 Å². The van der Waals surface area contributed by atoms with Crippen LogP contribution in [0.2, 0.25) is 0 Å². The summed E-state index contributed by atoms with van der Waals surface area (Å²) in [5.74, 6) is -4.61. The van der Waals surface area contributed by atoms with Gasteiger partial charge in [0.2, 0.25) is 5.79 Å². The van der Waals surface area contributed by atoms with E-state index in [1.54, 1.807) is 13.0 Å². The van der Waals surface area contributed by atoms with E-state index in [4.69, 9.17) is 24.1 Å². The number of hydrogen-bond acceptors (Lipinski definition) is 14. The quantitative estimate of drug-likeness (QED) is 0.0596. The molecule has 0 aromatic heterocycles. The van der Waals surface area contributed by atoms with Crippen molar-refractivity contribution in [3.05, 3.63) is 23.8 Å². The molecule has 0 amide bonds. The van der Waals surface area contributed by atoms with Crippen LogP contribution >= 0.6 is 0 Å². The van der Waals surface area contributed by atoms with Crippen LogP contribution in [0.15, 0.2) is 23.8 Å². The van der Waals surface area contributed by atoms with Gasteiger partial charge in [-0.2, -0.15) is 0 Å². The molecule has 0 spiro atoms. The lowest BCUT2D eigenvalue weighted by Crippen LogP contribution is -2.62. The molecule has 0 radical (unpaired) electrons. The molecule has 0 aromatic rings. The molecule has 15 nitrogen and oxygen atoms in total. The largest absolute Gasteiger partial charge is 0.481 e. The molecule has 2 saturated heterocycles. The second-order valence-corrected chi connectivity index (χ2v) is 9.63. The standard InChI is InChI=1S/C24H38O15/c1-11(13(27)7-16(28)29)5-3-4-6-12(2)22(35)36-9-15-17(30)19(32)20(33)23(37-15)39-24(10-26)21(34)18(31)14(8-25)38-24/h3-4,6,11,13-15,17-21,23,25-27,30-34H,5,7-10H2,1-2H3,(H,28,29)/b4-3+,12-6-/t11?,13?,14-,15-,17-,18-,19+,20-,21+,23-,24+/m1/s1. The van der Waals surface area contributed by atoms with Crippen LogP contribution in [0.25, 0.3) is 0 Å². The lowest BCUT2D eigenvalue weighted by molar-refractivity contribution is -0.383. The number of aliphatic carboxylic acids is 1. The van der Waals surface area contributed by atoms with Gasteiger partial charge < -0.3 is 64.9 Å². The van der Waals surface area contributed by atoms with Crippen LogP contribution in [0.5, 0.6) is 0 Å². The monoisotopic (exact) mass is 566 g/mol. The average molecular weight is 567 g/mol. The number of carboxylic acids is 1. The molecular formula is C24H38O15. The predicted octanol–water partition coefficient (Wildman–Crippen LogP) is -3.48. The normalized spacial score (nSPS) is 37.1. The van der Waals surface area contributed by atoms with E-state index in [1.807, 2.05) is 0 Å². The van der Waals surface area contributed by atoms with E-state index >= 15 is 0 Å². The number of carbonyl (C=O) groups excluding carboxylic acids is 1. The van der Waals surface area contributed by atoms with Crippen molar-refractivity contribution >= 4 is 11.9 Å². The Kier molecular flexibility index (Phi) is 12.4. The van der Waals surface area contributed by atoms with Crippen molar-refractivity contribution < 1.29 is 74.5 Å². The smallest absolute Gasteiger partial charge is 0.333 e. The van der Waals surface area contributed by atoms with Crippen molar-refractivity contribution in [2.75, 3.05) is 19.8 Å². The number of aliphatic hydroxyl groups is 8. The van der Waals surface area contributed by atoms with Gasteiger partial charge >= 0.3 is 11.9 Å². The van der Waals surface area contributed by atoms with Gasteiger partial charge in [-0.25, -0.2) is 4.79 Å². The van der Waals surface area contributed by atoms with Crippen LogP contribution in [0.4, 0.5) is 0 Å². The summed E-state index contributed by atoms with van der Waals surface area (Å²) in [6.07, 6.45) is -10.1. The molecule has 0 saturated carbocycles. The summed E-state index contributed by atoms with van der Waals surface area (Å²) in [5, 5.41) is 88.7. The topological polar surface area (TPSA) is 253 Å². The van der Waals surface area contributed by atoms with E-state index in [1.165, 1.54) is 19.1 Å². The summed E-state index contributed by atoms with van der Waals surface area (Å²) in [7, 11) is 0.